The lowest BCUT2D eigenvalue weighted by Crippen LogP contribution is -2.50. The molecule has 0 spiro atoms. The molecule has 3 heteroatoms. The third kappa shape index (κ3) is 4.71. The van der Waals surface area contributed by atoms with E-state index in [1.807, 2.05) is 0 Å². The van der Waals surface area contributed by atoms with E-state index in [9.17, 15) is 0 Å². The van der Waals surface area contributed by atoms with Crippen LogP contribution in [0.3, 0.4) is 0 Å². The Labute approximate surface area is 126 Å². The summed E-state index contributed by atoms with van der Waals surface area (Å²) in [6, 6.07) is 2.25. The molecule has 118 valence electrons. The van der Waals surface area contributed by atoms with Crippen LogP contribution in [0.25, 0.3) is 0 Å². The zero-order chi connectivity index (χ0) is 14.4. The summed E-state index contributed by atoms with van der Waals surface area (Å²) in [5, 5.41) is 3.81. The molecule has 0 amide bonds. The van der Waals surface area contributed by atoms with Crippen molar-refractivity contribution in [3.63, 3.8) is 0 Å². The summed E-state index contributed by atoms with van der Waals surface area (Å²) in [6.45, 7) is 9.62. The first kappa shape index (κ1) is 16.3. The number of hydrogen-bond donors (Lipinski definition) is 1. The maximum Gasteiger partial charge on any atom is 0.0192 e. The summed E-state index contributed by atoms with van der Waals surface area (Å²) >= 11 is 0. The molecule has 0 bridgehead atoms. The third-order valence-corrected chi connectivity index (χ3v) is 5.58. The zero-order valence-electron chi connectivity index (χ0n) is 13.9. The summed E-state index contributed by atoms with van der Waals surface area (Å²) < 4.78 is 0. The Bertz CT molecular complexity index is 255. The number of nitrogens with zero attached hydrogens (tertiary/aromatic N) is 2. The molecule has 3 nitrogen and oxygen atoms in total. The SMILES string of the molecule is CCN1CCC(N(C)C(C)CNC2CCCCC2)CC1. The maximum absolute atomic E-state index is 3.81. The van der Waals surface area contributed by atoms with Crippen LogP contribution in [0.2, 0.25) is 0 Å². The number of rotatable bonds is 6. The fraction of sp³-hybridized carbons (Fsp3) is 1.00. The molecule has 1 aliphatic heterocycles. The van der Waals surface area contributed by atoms with E-state index in [4.69, 9.17) is 0 Å². The quantitative estimate of drug-likeness (QED) is 0.807. The van der Waals surface area contributed by atoms with Crippen LogP contribution >= 0.6 is 0 Å². The van der Waals surface area contributed by atoms with Crippen molar-refractivity contribution in [2.45, 2.75) is 76.9 Å². The van der Waals surface area contributed by atoms with E-state index in [0.29, 0.717) is 6.04 Å². The maximum atomic E-state index is 3.81. The fourth-order valence-electron chi connectivity index (χ4n) is 3.79. The summed E-state index contributed by atoms with van der Waals surface area (Å²) in [5.74, 6) is 0. The molecule has 0 radical (unpaired) electrons. The Morgan fingerprint density at radius 2 is 1.75 bits per heavy atom. The molecule has 0 aromatic rings. The molecule has 0 aromatic carbocycles. The van der Waals surface area contributed by atoms with Crippen molar-refractivity contribution in [3.05, 3.63) is 0 Å². The van der Waals surface area contributed by atoms with Gasteiger partial charge in [-0.15, -0.1) is 0 Å². The van der Waals surface area contributed by atoms with Gasteiger partial charge in [-0.1, -0.05) is 26.2 Å². The number of likely N-dealkylation sites (tertiary alicyclic amines) is 1. The Morgan fingerprint density at radius 1 is 1.10 bits per heavy atom. The molecule has 2 aliphatic rings. The van der Waals surface area contributed by atoms with Gasteiger partial charge in [0.15, 0.2) is 0 Å². The van der Waals surface area contributed by atoms with Crippen LogP contribution in [-0.4, -0.2) is 61.2 Å². The van der Waals surface area contributed by atoms with E-state index in [1.165, 1.54) is 64.6 Å². The molecule has 1 saturated carbocycles. The van der Waals surface area contributed by atoms with Gasteiger partial charge in [-0.3, -0.25) is 4.90 Å². The second-order valence-corrected chi connectivity index (χ2v) is 6.92. The van der Waals surface area contributed by atoms with Crippen LogP contribution in [0, 0.1) is 0 Å². The monoisotopic (exact) mass is 281 g/mol. The fourth-order valence-corrected chi connectivity index (χ4v) is 3.79. The lowest BCUT2D eigenvalue weighted by atomic mass is 9.95. The summed E-state index contributed by atoms with van der Waals surface area (Å²) in [7, 11) is 2.33. The largest absolute Gasteiger partial charge is 0.312 e. The van der Waals surface area contributed by atoms with Gasteiger partial charge in [-0.05, 0) is 59.3 Å². The first-order chi connectivity index (χ1) is 9.70. The Balaban J connectivity index is 1.67. The van der Waals surface area contributed by atoms with E-state index in [1.54, 1.807) is 0 Å². The normalized spacial score (nSPS) is 25.2. The van der Waals surface area contributed by atoms with Gasteiger partial charge in [0, 0.05) is 24.7 Å². The van der Waals surface area contributed by atoms with Crippen LogP contribution in [0.5, 0.6) is 0 Å². The average Bonchev–Trinajstić information content (AvgIpc) is 2.53. The van der Waals surface area contributed by atoms with E-state index in [2.05, 4.69) is 36.0 Å². The van der Waals surface area contributed by atoms with Crippen LogP contribution in [0.15, 0.2) is 0 Å². The van der Waals surface area contributed by atoms with Crippen molar-refractivity contribution in [1.82, 2.24) is 15.1 Å². The van der Waals surface area contributed by atoms with Crippen LogP contribution in [0.1, 0.15) is 58.8 Å². The van der Waals surface area contributed by atoms with Crippen molar-refractivity contribution in [2.24, 2.45) is 0 Å². The molecule has 1 atom stereocenters. The van der Waals surface area contributed by atoms with Crippen molar-refractivity contribution >= 4 is 0 Å². The highest BCUT2D eigenvalue weighted by atomic mass is 15.2. The molecule has 20 heavy (non-hydrogen) atoms. The summed E-state index contributed by atoms with van der Waals surface area (Å²) in [4.78, 5) is 5.21. The molecule has 1 unspecified atom stereocenters. The van der Waals surface area contributed by atoms with Gasteiger partial charge in [-0.25, -0.2) is 0 Å². The predicted molar refractivity (Wildman–Crippen MR) is 87.2 cm³/mol. The minimum Gasteiger partial charge on any atom is -0.312 e. The highest BCUT2D eigenvalue weighted by Crippen LogP contribution is 2.19. The van der Waals surface area contributed by atoms with Gasteiger partial charge in [-0.2, -0.15) is 0 Å². The van der Waals surface area contributed by atoms with Crippen LogP contribution < -0.4 is 5.32 Å². The zero-order valence-corrected chi connectivity index (χ0v) is 13.9. The van der Waals surface area contributed by atoms with Crippen molar-refractivity contribution < 1.29 is 0 Å². The number of nitrogens with one attached hydrogen (secondary N) is 1. The van der Waals surface area contributed by atoms with E-state index < -0.39 is 0 Å². The third-order valence-electron chi connectivity index (χ3n) is 5.58. The number of piperidine rings is 1. The van der Waals surface area contributed by atoms with Gasteiger partial charge in [0.1, 0.15) is 0 Å². The Hall–Kier alpha value is -0.120. The van der Waals surface area contributed by atoms with Crippen LogP contribution in [0.4, 0.5) is 0 Å². The average molecular weight is 281 g/mol. The van der Waals surface area contributed by atoms with E-state index in [0.717, 1.165) is 18.6 Å². The molecular formula is C17H35N3. The van der Waals surface area contributed by atoms with Gasteiger partial charge in [0.05, 0.1) is 0 Å². The van der Waals surface area contributed by atoms with Gasteiger partial charge in [0.25, 0.3) is 0 Å². The molecule has 0 aromatic heterocycles. The first-order valence-electron chi connectivity index (χ1n) is 8.88. The van der Waals surface area contributed by atoms with Crippen LogP contribution in [-0.2, 0) is 0 Å². The highest BCUT2D eigenvalue weighted by molar-refractivity contribution is 4.82. The second kappa shape index (κ2) is 8.35. The molecule has 1 saturated heterocycles. The minimum atomic E-state index is 0.662. The van der Waals surface area contributed by atoms with Gasteiger partial charge in [0.2, 0.25) is 0 Å². The summed E-state index contributed by atoms with van der Waals surface area (Å²) in [6.07, 6.45) is 9.78. The lowest BCUT2D eigenvalue weighted by Gasteiger charge is -2.39. The topological polar surface area (TPSA) is 18.5 Å². The molecule has 1 heterocycles. The first-order valence-corrected chi connectivity index (χ1v) is 8.88. The molecular weight excluding hydrogens is 246 g/mol. The smallest absolute Gasteiger partial charge is 0.0192 e. The van der Waals surface area contributed by atoms with Gasteiger partial charge >= 0.3 is 0 Å². The van der Waals surface area contributed by atoms with Crippen molar-refractivity contribution in [2.75, 3.05) is 33.2 Å². The van der Waals surface area contributed by atoms with Crippen molar-refractivity contribution in [3.8, 4) is 0 Å². The predicted octanol–water partition coefficient (Wildman–Crippen LogP) is 2.71. The van der Waals surface area contributed by atoms with E-state index >= 15 is 0 Å². The molecule has 1 N–H and O–H groups in total. The Morgan fingerprint density at radius 3 is 2.35 bits per heavy atom. The lowest BCUT2D eigenvalue weighted by molar-refractivity contribution is 0.102. The van der Waals surface area contributed by atoms with E-state index in [-0.39, 0.29) is 0 Å². The van der Waals surface area contributed by atoms with Crippen molar-refractivity contribution in [1.29, 1.82) is 0 Å². The highest BCUT2D eigenvalue weighted by Gasteiger charge is 2.24. The second-order valence-electron chi connectivity index (χ2n) is 6.92. The van der Waals surface area contributed by atoms with Gasteiger partial charge < -0.3 is 10.2 Å². The molecule has 2 rings (SSSR count). The standard InChI is InChI=1S/C17H35N3/c1-4-20-12-10-17(11-13-20)19(3)15(2)14-18-16-8-6-5-7-9-16/h15-18H,4-14H2,1-3H3. The molecule has 1 aliphatic carbocycles. The summed E-state index contributed by atoms with van der Waals surface area (Å²) in [5.41, 5.74) is 0. The number of hydrogen-bond acceptors (Lipinski definition) is 3. The number of likely N-dealkylation sites (N-methyl/N-ethyl adjacent to an activating group) is 1. The Kier molecular flexibility index (Phi) is 6.79. The molecule has 2 fully saturated rings. The minimum absolute atomic E-state index is 0.662.